The maximum atomic E-state index is 11.4. The summed E-state index contributed by atoms with van der Waals surface area (Å²) in [6, 6.07) is 5.41. The van der Waals surface area contributed by atoms with Gasteiger partial charge in [-0.15, -0.1) is 0 Å². The summed E-state index contributed by atoms with van der Waals surface area (Å²) in [5, 5.41) is 9.37. The summed E-state index contributed by atoms with van der Waals surface area (Å²) in [5.41, 5.74) is 1.27. The molecule has 1 aromatic rings. The molecular weight excluding hydrogens is 252 g/mol. The second-order valence-corrected chi connectivity index (χ2v) is 6.39. The fraction of sp³-hybridized carbons (Fsp3) is 0.588. The van der Waals surface area contributed by atoms with Crippen molar-refractivity contribution in [2.45, 2.75) is 53.4 Å². The zero-order valence-corrected chi connectivity index (χ0v) is 13.2. The molecule has 0 heterocycles. The predicted octanol–water partition coefficient (Wildman–Crippen LogP) is 4.71. The Labute approximate surface area is 122 Å². The maximum absolute atomic E-state index is 11.4. The van der Waals surface area contributed by atoms with E-state index in [0.717, 1.165) is 18.4 Å². The van der Waals surface area contributed by atoms with E-state index in [1.165, 1.54) is 0 Å². The molecule has 3 nitrogen and oxygen atoms in total. The van der Waals surface area contributed by atoms with Gasteiger partial charge in [-0.05, 0) is 35.8 Å². The Balaban J connectivity index is 3.22. The summed E-state index contributed by atoms with van der Waals surface area (Å²) < 4.78 is 5.90. The molecule has 0 atom stereocenters. The smallest absolute Gasteiger partial charge is 0.339 e. The molecule has 0 radical (unpaired) electrons. The van der Waals surface area contributed by atoms with Gasteiger partial charge >= 0.3 is 5.97 Å². The van der Waals surface area contributed by atoms with Crippen LogP contribution in [-0.2, 0) is 0 Å². The van der Waals surface area contributed by atoms with Crippen molar-refractivity contribution in [3.63, 3.8) is 0 Å². The molecule has 1 rings (SSSR count). The van der Waals surface area contributed by atoms with Crippen LogP contribution in [0.2, 0.25) is 0 Å². The number of benzene rings is 1. The monoisotopic (exact) mass is 278 g/mol. The second-order valence-electron chi connectivity index (χ2n) is 6.39. The molecule has 112 valence electrons. The van der Waals surface area contributed by atoms with Crippen molar-refractivity contribution in [2.75, 3.05) is 6.61 Å². The Kier molecular flexibility index (Phi) is 5.61. The third kappa shape index (κ3) is 4.26. The Hall–Kier alpha value is -1.51. The number of ether oxygens (including phenoxy) is 1. The van der Waals surface area contributed by atoms with Crippen LogP contribution in [0.1, 0.15) is 69.3 Å². The molecule has 0 bridgehead atoms. The summed E-state index contributed by atoms with van der Waals surface area (Å²) >= 11 is 0. The lowest BCUT2D eigenvalue weighted by atomic mass is 9.91. The molecule has 0 saturated heterocycles. The molecule has 1 N–H and O–H groups in total. The van der Waals surface area contributed by atoms with E-state index in [-0.39, 0.29) is 11.0 Å². The molecule has 20 heavy (non-hydrogen) atoms. The van der Waals surface area contributed by atoms with E-state index >= 15 is 0 Å². The minimum Gasteiger partial charge on any atom is -0.492 e. The van der Waals surface area contributed by atoms with E-state index in [9.17, 15) is 9.90 Å². The highest BCUT2D eigenvalue weighted by molar-refractivity contribution is 5.91. The van der Waals surface area contributed by atoms with Crippen molar-refractivity contribution < 1.29 is 14.6 Å². The number of carboxylic acid groups (broad SMARTS) is 1. The van der Waals surface area contributed by atoms with Crippen molar-refractivity contribution in [1.82, 2.24) is 0 Å². The number of carbonyl (C=O) groups is 1. The van der Waals surface area contributed by atoms with Crippen molar-refractivity contribution in [3.8, 4) is 5.75 Å². The van der Waals surface area contributed by atoms with E-state index < -0.39 is 5.97 Å². The molecule has 0 amide bonds. The van der Waals surface area contributed by atoms with Crippen LogP contribution < -0.4 is 4.74 Å². The zero-order valence-electron chi connectivity index (χ0n) is 13.2. The predicted molar refractivity (Wildman–Crippen MR) is 81.7 cm³/mol. The van der Waals surface area contributed by atoms with Gasteiger partial charge in [0.15, 0.2) is 0 Å². The van der Waals surface area contributed by atoms with Crippen LogP contribution >= 0.6 is 0 Å². The van der Waals surface area contributed by atoms with Crippen LogP contribution in [0.4, 0.5) is 0 Å². The van der Waals surface area contributed by atoms with Crippen LogP contribution in [0.5, 0.6) is 5.75 Å². The van der Waals surface area contributed by atoms with Gasteiger partial charge in [0.2, 0.25) is 0 Å². The number of carboxylic acids is 1. The van der Waals surface area contributed by atoms with Crippen LogP contribution in [0.15, 0.2) is 18.2 Å². The average Bonchev–Trinajstić information content (AvgIpc) is 2.37. The molecule has 3 heteroatoms. The third-order valence-corrected chi connectivity index (χ3v) is 3.35. The fourth-order valence-corrected chi connectivity index (χ4v) is 2.22. The fourth-order valence-electron chi connectivity index (χ4n) is 2.22. The molecule has 0 aliphatic rings. The molecule has 0 fully saturated rings. The summed E-state index contributed by atoms with van der Waals surface area (Å²) in [6.07, 6.45) is 1.96. The average molecular weight is 278 g/mol. The number of hydrogen-bond acceptors (Lipinski definition) is 2. The number of para-hydroxylation sites is 1. The summed E-state index contributed by atoms with van der Waals surface area (Å²) in [5.74, 6) is -0.0467. The van der Waals surface area contributed by atoms with Gasteiger partial charge in [-0.1, -0.05) is 46.8 Å². The van der Waals surface area contributed by atoms with E-state index in [0.29, 0.717) is 18.3 Å². The second kappa shape index (κ2) is 6.78. The standard InChI is InChI=1S/C17H26O3/c1-6-12(7-2)13-9-8-10-14(16(18)19)15(13)20-11-17(3,4)5/h8-10,12H,6-7,11H2,1-5H3,(H,18,19). The molecule has 0 aliphatic carbocycles. The van der Waals surface area contributed by atoms with Gasteiger partial charge in [0, 0.05) is 0 Å². The lowest BCUT2D eigenvalue weighted by molar-refractivity contribution is 0.0689. The third-order valence-electron chi connectivity index (χ3n) is 3.35. The Bertz CT molecular complexity index is 454. The lowest BCUT2D eigenvalue weighted by Crippen LogP contribution is -2.19. The summed E-state index contributed by atoms with van der Waals surface area (Å²) in [7, 11) is 0. The first-order valence-corrected chi connectivity index (χ1v) is 7.29. The molecule has 0 unspecified atom stereocenters. The van der Waals surface area contributed by atoms with Gasteiger partial charge in [-0.25, -0.2) is 4.79 Å². The van der Waals surface area contributed by atoms with Crippen molar-refractivity contribution in [1.29, 1.82) is 0 Å². The van der Waals surface area contributed by atoms with Crippen LogP contribution in [0.3, 0.4) is 0 Å². The first-order chi connectivity index (χ1) is 9.30. The number of hydrogen-bond donors (Lipinski definition) is 1. The summed E-state index contributed by atoms with van der Waals surface area (Å²) in [4.78, 5) is 11.4. The van der Waals surface area contributed by atoms with E-state index in [1.54, 1.807) is 12.1 Å². The van der Waals surface area contributed by atoms with E-state index in [4.69, 9.17) is 4.74 Å². The van der Waals surface area contributed by atoms with Gasteiger partial charge in [0.1, 0.15) is 11.3 Å². The van der Waals surface area contributed by atoms with Crippen molar-refractivity contribution in [3.05, 3.63) is 29.3 Å². The molecule has 0 saturated carbocycles. The topological polar surface area (TPSA) is 46.5 Å². The summed E-state index contributed by atoms with van der Waals surface area (Å²) in [6.45, 7) is 11.0. The van der Waals surface area contributed by atoms with Gasteiger partial charge in [0.25, 0.3) is 0 Å². The minimum atomic E-state index is -0.929. The SMILES string of the molecule is CCC(CC)c1cccc(C(=O)O)c1OCC(C)(C)C. The van der Waals surface area contributed by atoms with E-state index in [1.807, 2.05) is 6.07 Å². The van der Waals surface area contributed by atoms with Crippen LogP contribution in [0, 0.1) is 5.41 Å². The minimum absolute atomic E-state index is 0.00316. The molecular formula is C17H26O3. The maximum Gasteiger partial charge on any atom is 0.339 e. The first-order valence-electron chi connectivity index (χ1n) is 7.29. The molecule has 0 spiro atoms. The quantitative estimate of drug-likeness (QED) is 0.819. The van der Waals surface area contributed by atoms with Gasteiger partial charge in [0.05, 0.1) is 6.61 Å². The largest absolute Gasteiger partial charge is 0.492 e. The Morgan fingerprint density at radius 3 is 2.30 bits per heavy atom. The molecule has 0 aliphatic heterocycles. The van der Waals surface area contributed by atoms with Crippen molar-refractivity contribution in [2.24, 2.45) is 5.41 Å². The first kappa shape index (κ1) is 16.5. The number of rotatable bonds is 6. The number of aromatic carboxylic acids is 1. The van der Waals surface area contributed by atoms with Gasteiger partial charge in [-0.2, -0.15) is 0 Å². The van der Waals surface area contributed by atoms with Crippen LogP contribution in [-0.4, -0.2) is 17.7 Å². The van der Waals surface area contributed by atoms with Crippen molar-refractivity contribution >= 4 is 5.97 Å². The highest BCUT2D eigenvalue weighted by atomic mass is 16.5. The lowest BCUT2D eigenvalue weighted by Gasteiger charge is -2.24. The Morgan fingerprint density at radius 1 is 1.25 bits per heavy atom. The highest BCUT2D eigenvalue weighted by Crippen LogP contribution is 2.35. The van der Waals surface area contributed by atoms with E-state index in [2.05, 4.69) is 34.6 Å². The normalized spacial score (nSPS) is 11.7. The van der Waals surface area contributed by atoms with Crippen LogP contribution in [0.25, 0.3) is 0 Å². The highest BCUT2D eigenvalue weighted by Gasteiger charge is 2.21. The van der Waals surface area contributed by atoms with Gasteiger partial charge < -0.3 is 9.84 Å². The Morgan fingerprint density at radius 2 is 1.85 bits per heavy atom. The molecule has 1 aromatic carbocycles. The molecule has 0 aromatic heterocycles. The zero-order chi connectivity index (χ0) is 15.3. The van der Waals surface area contributed by atoms with Gasteiger partial charge in [-0.3, -0.25) is 0 Å².